The molecule has 0 radical (unpaired) electrons. The molecule has 4 N–H and O–H groups in total. The fourth-order valence-electron chi connectivity index (χ4n) is 2.61. The third kappa shape index (κ3) is 4.48. The van der Waals surface area contributed by atoms with Gasteiger partial charge < -0.3 is 20.7 Å². The van der Waals surface area contributed by atoms with E-state index >= 15 is 0 Å². The Morgan fingerprint density at radius 1 is 1.35 bits per heavy atom. The standard InChI is InChI=1S/C18H27N3O2/c1-4-12(2)16(22)11-21-18(23)19-9-8-14-10-20-17-13(3)6-5-7-15(14)17/h5-7,10,12,16,20,22H,4,8-9,11H2,1-3H3,(H2,19,21,23). The van der Waals surface area contributed by atoms with Crippen LogP contribution in [0, 0.1) is 12.8 Å². The molecule has 0 aliphatic rings. The van der Waals surface area contributed by atoms with Gasteiger partial charge in [0.1, 0.15) is 0 Å². The number of para-hydroxylation sites is 1. The number of aromatic amines is 1. The van der Waals surface area contributed by atoms with Gasteiger partial charge in [0.15, 0.2) is 0 Å². The van der Waals surface area contributed by atoms with Gasteiger partial charge in [0.2, 0.25) is 0 Å². The predicted molar refractivity (Wildman–Crippen MR) is 93.6 cm³/mol. The van der Waals surface area contributed by atoms with Crippen molar-refractivity contribution in [2.75, 3.05) is 13.1 Å². The van der Waals surface area contributed by atoms with Crippen LogP contribution in [0.4, 0.5) is 4.79 Å². The zero-order valence-corrected chi connectivity index (χ0v) is 14.1. The van der Waals surface area contributed by atoms with Crippen LogP contribution in [0.1, 0.15) is 31.4 Å². The summed E-state index contributed by atoms with van der Waals surface area (Å²) in [6.07, 6.45) is 3.17. The van der Waals surface area contributed by atoms with Crippen LogP contribution >= 0.6 is 0 Å². The number of hydrogen-bond acceptors (Lipinski definition) is 2. The molecule has 23 heavy (non-hydrogen) atoms. The van der Waals surface area contributed by atoms with Gasteiger partial charge in [-0.2, -0.15) is 0 Å². The largest absolute Gasteiger partial charge is 0.391 e. The minimum absolute atomic E-state index is 0.185. The van der Waals surface area contributed by atoms with Gasteiger partial charge >= 0.3 is 6.03 Å². The summed E-state index contributed by atoms with van der Waals surface area (Å²) in [6.45, 7) is 6.93. The quantitative estimate of drug-likeness (QED) is 0.634. The summed E-state index contributed by atoms with van der Waals surface area (Å²) in [5.41, 5.74) is 3.57. The molecule has 0 aliphatic carbocycles. The molecule has 2 unspecified atom stereocenters. The fraction of sp³-hybridized carbons (Fsp3) is 0.500. The molecular formula is C18H27N3O2. The summed E-state index contributed by atoms with van der Waals surface area (Å²) in [6, 6.07) is 5.99. The Morgan fingerprint density at radius 3 is 2.87 bits per heavy atom. The van der Waals surface area contributed by atoms with E-state index in [-0.39, 0.29) is 18.5 Å². The van der Waals surface area contributed by atoms with Crippen LogP contribution in [0.5, 0.6) is 0 Å². The number of H-pyrrole nitrogens is 1. The smallest absolute Gasteiger partial charge is 0.314 e. The van der Waals surface area contributed by atoms with Crippen molar-refractivity contribution in [1.82, 2.24) is 15.6 Å². The summed E-state index contributed by atoms with van der Waals surface area (Å²) >= 11 is 0. The zero-order chi connectivity index (χ0) is 16.8. The lowest BCUT2D eigenvalue weighted by molar-refractivity contribution is 0.114. The first-order valence-corrected chi connectivity index (χ1v) is 8.28. The number of hydrogen-bond donors (Lipinski definition) is 4. The number of aromatic nitrogens is 1. The van der Waals surface area contributed by atoms with Crippen LogP contribution in [0.25, 0.3) is 10.9 Å². The SMILES string of the molecule is CCC(C)C(O)CNC(=O)NCCc1c[nH]c2c(C)cccc12. The Balaban J connectivity index is 1.78. The molecule has 1 aromatic carbocycles. The number of aliphatic hydroxyl groups excluding tert-OH is 1. The van der Waals surface area contributed by atoms with Crippen molar-refractivity contribution in [1.29, 1.82) is 0 Å². The molecule has 2 atom stereocenters. The topological polar surface area (TPSA) is 77.2 Å². The molecule has 0 saturated carbocycles. The normalized spacial score (nSPS) is 13.7. The highest BCUT2D eigenvalue weighted by atomic mass is 16.3. The summed E-state index contributed by atoms with van der Waals surface area (Å²) in [4.78, 5) is 15.1. The predicted octanol–water partition coefficient (Wildman–Crippen LogP) is 2.73. The maximum absolute atomic E-state index is 11.8. The van der Waals surface area contributed by atoms with Gasteiger partial charge in [-0.3, -0.25) is 0 Å². The Kier molecular flexibility index (Phi) is 6.04. The molecule has 1 heterocycles. The molecule has 0 bridgehead atoms. The van der Waals surface area contributed by atoms with E-state index < -0.39 is 6.10 Å². The van der Waals surface area contributed by atoms with Crippen LogP contribution in [0.3, 0.4) is 0 Å². The highest BCUT2D eigenvalue weighted by molar-refractivity contribution is 5.85. The first kappa shape index (κ1) is 17.3. The minimum atomic E-state index is -0.498. The van der Waals surface area contributed by atoms with Gasteiger partial charge in [-0.1, -0.05) is 38.5 Å². The molecule has 5 nitrogen and oxygen atoms in total. The van der Waals surface area contributed by atoms with Gasteiger partial charge in [-0.25, -0.2) is 4.79 Å². The number of benzene rings is 1. The molecule has 0 aliphatic heterocycles. The summed E-state index contributed by atoms with van der Waals surface area (Å²) in [5, 5.41) is 16.6. The fourth-order valence-corrected chi connectivity index (χ4v) is 2.61. The molecule has 0 fully saturated rings. The van der Waals surface area contributed by atoms with Gasteiger partial charge in [0.05, 0.1) is 6.10 Å². The number of fused-ring (bicyclic) bond motifs is 1. The number of amides is 2. The van der Waals surface area contributed by atoms with E-state index in [0.29, 0.717) is 6.54 Å². The average molecular weight is 317 g/mol. The van der Waals surface area contributed by atoms with Gasteiger partial charge in [-0.15, -0.1) is 0 Å². The van der Waals surface area contributed by atoms with Crippen LogP contribution in [0.15, 0.2) is 24.4 Å². The van der Waals surface area contributed by atoms with Crippen molar-refractivity contribution >= 4 is 16.9 Å². The Labute approximate surface area is 137 Å². The summed E-state index contributed by atoms with van der Waals surface area (Å²) < 4.78 is 0. The minimum Gasteiger partial charge on any atom is -0.391 e. The number of rotatable bonds is 7. The van der Waals surface area contributed by atoms with Crippen LogP contribution in [0.2, 0.25) is 0 Å². The second kappa shape index (κ2) is 8.02. The third-order valence-electron chi connectivity index (χ3n) is 4.46. The van der Waals surface area contributed by atoms with Gasteiger partial charge in [0.25, 0.3) is 0 Å². The van der Waals surface area contributed by atoms with E-state index in [4.69, 9.17) is 0 Å². The lowest BCUT2D eigenvalue weighted by atomic mass is 10.0. The zero-order valence-electron chi connectivity index (χ0n) is 14.1. The highest BCUT2D eigenvalue weighted by Gasteiger charge is 2.13. The maximum Gasteiger partial charge on any atom is 0.314 e. The summed E-state index contributed by atoms with van der Waals surface area (Å²) in [5.74, 6) is 0.185. The first-order valence-electron chi connectivity index (χ1n) is 8.28. The Morgan fingerprint density at radius 2 is 2.13 bits per heavy atom. The number of carbonyl (C=O) groups excluding carboxylic acids is 1. The molecular weight excluding hydrogens is 290 g/mol. The number of aryl methyl sites for hydroxylation is 1. The third-order valence-corrected chi connectivity index (χ3v) is 4.46. The van der Waals surface area contributed by atoms with E-state index in [1.165, 1.54) is 16.5 Å². The van der Waals surface area contributed by atoms with Crippen molar-refractivity contribution in [3.05, 3.63) is 35.5 Å². The lowest BCUT2D eigenvalue weighted by Gasteiger charge is -2.17. The van der Waals surface area contributed by atoms with E-state index in [0.717, 1.165) is 18.4 Å². The van der Waals surface area contributed by atoms with Crippen LogP contribution in [-0.2, 0) is 6.42 Å². The number of carbonyl (C=O) groups is 1. The number of urea groups is 1. The van der Waals surface area contributed by atoms with E-state index in [9.17, 15) is 9.90 Å². The molecule has 5 heteroatoms. The van der Waals surface area contributed by atoms with Crippen molar-refractivity contribution in [2.24, 2.45) is 5.92 Å². The van der Waals surface area contributed by atoms with Crippen molar-refractivity contribution in [3.8, 4) is 0 Å². The van der Waals surface area contributed by atoms with Crippen molar-refractivity contribution in [2.45, 2.75) is 39.7 Å². The molecule has 0 spiro atoms. The first-order chi connectivity index (χ1) is 11.0. The molecule has 2 rings (SSSR count). The second-order valence-corrected chi connectivity index (χ2v) is 6.15. The van der Waals surface area contributed by atoms with E-state index in [2.05, 4.69) is 34.7 Å². The van der Waals surface area contributed by atoms with E-state index in [1.807, 2.05) is 26.1 Å². The Hall–Kier alpha value is -2.01. The maximum atomic E-state index is 11.8. The second-order valence-electron chi connectivity index (χ2n) is 6.15. The average Bonchev–Trinajstić information content (AvgIpc) is 2.96. The Bertz CT molecular complexity index is 651. The number of nitrogens with one attached hydrogen (secondary N) is 3. The lowest BCUT2D eigenvalue weighted by Crippen LogP contribution is -2.42. The molecule has 0 saturated heterocycles. The van der Waals surface area contributed by atoms with Crippen molar-refractivity contribution < 1.29 is 9.90 Å². The monoisotopic (exact) mass is 317 g/mol. The highest BCUT2D eigenvalue weighted by Crippen LogP contribution is 2.21. The molecule has 126 valence electrons. The van der Waals surface area contributed by atoms with Gasteiger partial charge in [-0.05, 0) is 30.4 Å². The number of aliphatic hydroxyl groups is 1. The van der Waals surface area contributed by atoms with Crippen molar-refractivity contribution in [3.63, 3.8) is 0 Å². The molecule has 1 aromatic heterocycles. The molecule has 2 aromatic rings. The van der Waals surface area contributed by atoms with E-state index in [1.54, 1.807) is 0 Å². The summed E-state index contributed by atoms with van der Waals surface area (Å²) in [7, 11) is 0. The van der Waals surface area contributed by atoms with Crippen LogP contribution in [-0.4, -0.2) is 35.3 Å². The van der Waals surface area contributed by atoms with Crippen LogP contribution < -0.4 is 10.6 Å². The van der Waals surface area contributed by atoms with Gasteiger partial charge in [0, 0.05) is 30.2 Å². The molecule has 2 amide bonds.